The molecule has 158 valence electrons. The molecule has 3 rings (SSSR count). The van der Waals surface area contributed by atoms with Crippen molar-refractivity contribution in [2.24, 2.45) is 11.8 Å². The van der Waals surface area contributed by atoms with Crippen molar-refractivity contribution in [2.75, 3.05) is 19.8 Å². The maximum atomic E-state index is 13.2. The number of carbonyl (C=O) groups is 3. The predicted octanol–water partition coefficient (Wildman–Crippen LogP) is 0.595. The second kappa shape index (κ2) is 8.28. The molecule has 0 saturated carbocycles. The van der Waals surface area contributed by atoms with E-state index in [1.54, 1.807) is 6.92 Å². The Morgan fingerprint density at radius 3 is 2.79 bits per heavy atom. The van der Waals surface area contributed by atoms with Crippen molar-refractivity contribution in [3.8, 4) is 0 Å². The standard InChI is InChI=1S/C19H29BrN2O6/c1-4-6-10(3)21-16(24)15-19-9-11(20)14(28-19)12(18(26)27-5-2)13(19)17(25)22(15)7-8-23/h10-15,23H,4-9H2,1-3H3,(H,21,24)/t10?,11?,12-,13+,14-,15?,19?/m1/s1. The quantitative estimate of drug-likeness (QED) is 0.405. The Hall–Kier alpha value is -1.19. The Morgan fingerprint density at radius 1 is 1.46 bits per heavy atom. The zero-order valence-electron chi connectivity index (χ0n) is 16.5. The summed E-state index contributed by atoms with van der Waals surface area (Å²) >= 11 is 3.57. The number of hydrogen-bond acceptors (Lipinski definition) is 6. The summed E-state index contributed by atoms with van der Waals surface area (Å²) in [6.45, 7) is 5.64. The summed E-state index contributed by atoms with van der Waals surface area (Å²) in [5.74, 6) is -2.61. The van der Waals surface area contributed by atoms with Crippen molar-refractivity contribution in [2.45, 2.75) is 68.6 Å². The molecule has 8 nitrogen and oxygen atoms in total. The SMILES string of the molecule is CCCC(C)NC(=O)C1N(CCO)C(=O)[C@@H]2[C@@H](C(=O)OCC)[C@@H]3OC12CC3Br. The first-order valence-corrected chi connectivity index (χ1v) is 10.9. The molecule has 3 aliphatic rings. The van der Waals surface area contributed by atoms with E-state index in [4.69, 9.17) is 9.47 Å². The second-order valence-corrected chi connectivity index (χ2v) is 9.05. The van der Waals surface area contributed by atoms with Crippen LogP contribution in [0.25, 0.3) is 0 Å². The van der Waals surface area contributed by atoms with Gasteiger partial charge in [-0.25, -0.2) is 0 Å². The van der Waals surface area contributed by atoms with Gasteiger partial charge in [0.1, 0.15) is 11.6 Å². The predicted molar refractivity (Wildman–Crippen MR) is 104 cm³/mol. The third-order valence-electron chi connectivity index (χ3n) is 6.05. The van der Waals surface area contributed by atoms with Crippen molar-refractivity contribution in [3.05, 3.63) is 0 Å². The smallest absolute Gasteiger partial charge is 0.312 e. The molecule has 0 aromatic heterocycles. The number of amides is 2. The molecule has 0 aliphatic carbocycles. The lowest BCUT2D eigenvalue weighted by atomic mass is 9.70. The van der Waals surface area contributed by atoms with Crippen LogP contribution < -0.4 is 5.32 Å². The number of aliphatic hydroxyl groups excluding tert-OH is 1. The van der Waals surface area contributed by atoms with Gasteiger partial charge in [0.25, 0.3) is 0 Å². The molecule has 2 N–H and O–H groups in total. The Kier molecular flexibility index (Phi) is 6.36. The number of esters is 1. The summed E-state index contributed by atoms with van der Waals surface area (Å²) in [4.78, 5) is 40.3. The van der Waals surface area contributed by atoms with Crippen molar-refractivity contribution in [1.29, 1.82) is 0 Å². The van der Waals surface area contributed by atoms with Crippen molar-refractivity contribution >= 4 is 33.7 Å². The van der Waals surface area contributed by atoms with E-state index in [-0.39, 0.29) is 42.4 Å². The maximum Gasteiger partial charge on any atom is 0.312 e. The van der Waals surface area contributed by atoms with Crippen LogP contribution in [0.3, 0.4) is 0 Å². The van der Waals surface area contributed by atoms with Crippen LogP contribution >= 0.6 is 15.9 Å². The number of carbonyl (C=O) groups excluding carboxylic acids is 3. The molecule has 4 unspecified atom stereocenters. The molecule has 0 radical (unpaired) electrons. The molecule has 3 heterocycles. The molecule has 9 heteroatoms. The van der Waals surface area contributed by atoms with E-state index in [1.165, 1.54) is 4.90 Å². The third kappa shape index (κ3) is 3.25. The topological polar surface area (TPSA) is 105 Å². The van der Waals surface area contributed by atoms with Gasteiger partial charge in [0.05, 0.1) is 31.2 Å². The molecule has 0 aromatic rings. The van der Waals surface area contributed by atoms with Gasteiger partial charge in [-0.2, -0.15) is 0 Å². The molecule has 3 aliphatic heterocycles. The van der Waals surface area contributed by atoms with Crippen LogP contribution in [0.2, 0.25) is 0 Å². The van der Waals surface area contributed by atoms with E-state index >= 15 is 0 Å². The average molecular weight is 461 g/mol. The zero-order valence-corrected chi connectivity index (χ0v) is 18.1. The number of nitrogens with zero attached hydrogens (tertiary/aromatic N) is 1. The first kappa shape index (κ1) is 21.5. The van der Waals surface area contributed by atoms with Crippen LogP contribution in [0.4, 0.5) is 0 Å². The summed E-state index contributed by atoms with van der Waals surface area (Å²) in [5, 5.41) is 12.5. The summed E-state index contributed by atoms with van der Waals surface area (Å²) in [6.07, 6.45) is 1.68. The van der Waals surface area contributed by atoms with Gasteiger partial charge in [-0.1, -0.05) is 29.3 Å². The fraction of sp³-hybridized carbons (Fsp3) is 0.842. The highest BCUT2D eigenvalue weighted by molar-refractivity contribution is 9.09. The highest BCUT2D eigenvalue weighted by Crippen LogP contribution is 2.60. The normalized spacial score (nSPS) is 37.1. The largest absolute Gasteiger partial charge is 0.466 e. The summed E-state index contributed by atoms with van der Waals surface area (Å²) < 4.78 is 11.5. The minimum Gasteiger partial charge on any atom is -0.466 e. The number of ether oxygens (including phenoxy) is 2. The fourth-order valence-corrected chi connectivity index (χ4v) is 6.06. The van der Waals surface area contributed by atoms with Gasteiger partial charge in [0, 0.05) is 17.4 Å². The van der Waals surface area contributed by atoms with E-state index in [0.29, 0.717) is 6.42 Å². The Morgan fingerprint density at radius 2 is 2.18 bits per heavy atom. The maximum absolute atomic E-state index is 13.2. The van der Waals surface area contributed by atoms with Gasteiger partial charge >= 0.3 is 5.97 Å². The van der Waals surface area contributed by atoms with Gasteiger partial charge in [-0.05, 0) is 26.7 Å². The van der Waals surface area contributed by atoms with Gasteiger partial charge in [-0.3, -0.25) is 14.4 Å². The van der Waals surface area contributed by atoms with E-state index < -0.39 is 35.6 Å². The molecule has 1 spiro atoms. The molecule has 0 aromatic carbocycles. The fourth-order valence-electron chi connectivity index (χ4n) is 5.11. The lowest BCUT2D eigenvalue weighted by molar-refractivity contribution is -0.154. The first-order chi connectivity index (χ1) is 13.3. The van der Waals surface area contributed by atoms with E-state index in [9.17, 15) is 19.5 Å². The number of nitrogens with one attached hydrogen (secondary N) is 1. The van der Waals surface area contributed by atoms with Gasteiger partial charge in [0.2, 0.25) is 11.8 Å². The Bertz CT molecular complexity index is 646. The minimum absolute atomic E-state index is 0.0217. The van der Waals surface area contributed by atoms with Crippen LogP contribution in [-0.4, -0.2) is 76.2 Å². The number of alkyl halides is 1. The highest BCUT2D eigenvalue weighted by Gasteiger charge is 2.76. The van der Waals surface area contributed by atoms with Gasteiger partial charge in [-0.15, -0.1) is 0 Å². The third-order valence-corrected chi connectivity index (χ3v) is 6.89. The number of likely N-dealkylation sites (tertiary alicyclic amines) is 1. The van der Waals surface area contributed by atoms with Crippen LogP contribution in [0.15, 0.2) is 0 Å². The molecule has 7 atom stereocenters. The minimum atomic E-state index is -1.08. The monoisotopic (exact) mass is 460 g/mol. The second-order valence-electron chi connectivity index (χ2n) is 7.87. The molecular weight excluding hydrogens is 432 g/mol. The lowest BCUT2D eigenvalue weighted by Gasteiger charge is -2.34. The molecular formula is C19H29BrN2O6. The zero-order chi connectivity index (χ0) is 20.6. The molecule has 28 heavy (non-hydrogen) atoms. The number of halogens is 1. The van der Waals surface area contributed by atoms with E-state index in [0.717, 1.165) is 12.8 Å². The number of hydrogen-bond donors (Lipinski definition) is 2. The summed E-state index contributed by atoms with van der Waals surface area (Å²) in [6, 6.07) is -0.917. The lowest BCUT2D eigenvalue weighted by Crippen LogP contribution is -2.57. The van der Waals surface area contributed by atoms with Crippen LogP contribution in [0.5, 0.6) is 0 Å². The van der Waals surface area contributed by atoms with Crippen molar-refractivity contribution < 1.29 is 29.0 Å². The van der Waals surface area contributed by atoms with Crippen LogP contribution in [0.1, 0.15) is 40.0 Å². The number of rotatable bonds is 8. The average Bonchev–Trinajstić information content (AvgIpc) is 3.20. The van der Waals surface area contributed by atoms with Crippen LogP contribution in [0, 0.1) is 11.8 Å². The summed E-state index contributed by atoms with van der Waals surface area (Å²) in [7, 11) is 0. The first-order valence-electron chi connectivity index (χ1n) is 10.0. The molecule has 2 amide bonds. The van der Waals surface area contributed by atoms with Gasteiger partial charge in [0.15, 0.2) is 0 Å². The van der Waals surface area contributed by atoms with E-state index in [1.807, 2.05) is 13.8 Å². The van der Waals surface area contributed by atoms with Gasteiger partial charge < -0.3 is 24.8 Å². The van der Waals surface area contributed by atoms with E-state index in [2.05, 4.69) is 21.2 Å². The highest BCUT2D eigenvalue weighted by atomic mass is 79.9. The Labute approximate surface area is 173 Å². The molecule has 3 saturated heterocycles. The molecule has 3 fully saturated rings. The molecule has 2 bridgehead atoms. The van der Waals surface area contributed by atoms with Crippen molar-refractivity contribution in [1.82, 2.24) is 10.2 Å². The van der Waals surface area contributed by atoms with Crippen LogP contribution in [-0.2, 0) is 23.9 Å². The number of aliphatic hydroxyl groups is 1. The Balaban J connectivity index is 1.96. The number of fused-ring (bicyclic) bond motifs is 1. The van der Waals surface area contributed by atoms with Crippen molar-refractivity contribution in [3.63, 3.8) is 0 Å². The summed E-state index contributed by atoms with van der Waals surface area (Å²) in [5.41, 5.74) is -1.08. The number of β-amino-alcohol motifs (C(OH)–C–C–N with tert-alkyl or cyclic N) is 1.